The fraction of sp³-hybridized carbons (Fsp3) is 0.400. The third-order valence-electron chi connectivity index (χ3n) is 5.42. The van der Waals surface area contributed by atoms with Crippen molar-refractivity contribution in [1.29, 1.82) is 0 Å². The SMILES string of the molecule is Cc1cccc(OC[C@@]2(O)COCCN(Cc3cccc(OCCn4ccnc4)c3)C2)c1. The number of β-amino-alcohol motifs (C(OH)–C–C–N with tert-alkyl or cyclic N) is 1. The molecule has 0 radical (unpaired) electrons. The van der Waals surface area contributed by atoms with Gasteiger partial charge in [-0.05, 0) is 42.3 Å². The highest BCUT2D eigenvalue weighted by Crippen LogP contribution is 2.20. The van der Waals surface area contributed by atoms with Crippen LogP contribution < -0.4 is 9.47 Å². The number of aromatic nitrogens is 2. The maximum atomic E-state index is 11.2. The van der Waals surface area contributed by atoms with Gasteiger partial charge in [0.25, 0.3) is 0 Å². The van der Waals surface area contributed by atoms with Gasteiger partial charge in [-0.2, -0.15) is 0 Å². The van der Waals surface area contributed by atoms with Gasteiger partial charge in [0.1, 0.15) is 30.3 Å². The number of aliphatic hydroxyl groups is 1. The van der Waals surface area contributed by atoms with Crippen molar-refractivity contribution in [3.63, 3.8) is 0 Å². The summed E-state index contributed by atoms with van der Waals surface area (Å²) in [4.78, 5) is 6.25. The molecule has 170 valence electrons. The second-order valence-corrected chi connectivity index (χ2v) is 8.39. The fourth-order valence-electron chi connectivity index (χ4n) is 3.82. The molecular weight excluding hydrogens is 406 g/mol. The minimum absolute atomic E-state index is 0.185. The van der Waals surface area contributed by atoms with Gasteiger partial charge >= 0.3 is 0 Å². The summed E-state index contributed by atoms with van der Waals surface area (Å²) in [7, 11) is 0. The van der Waals surface area contributed by atoms with E-state index in [0.717, 1.165) is 35.7 Å². The first kappa shape index (κ1) is 22.3. The summed E-state index contributed by atoms with van der Waals surface area (Å²) < 4.78 is 19.5. The Hall–Kier alpha value is -2.87. The molecule has 0 aliphatic carbocycles. The van der Waals surface area contributed by atoms with E-state index in [9.17, 15) is 5.11 Å². The van der Waals surface area contributed by atoms with Crippen LogP contribution in [0.4, 0.5) is 0 Å². The molecule has 1 aromatic heterocycles. The zero-order valence-corrected chi connectivity index (χ0v) is 18.5. The first-order valence-corrected chi connectivity index (χ1v) is 11.0. The van der Waals surface area contributed by atoms with E-state index in [-0.39, 0.29) is 13.2 Å². The van der Waals surface area contributed by atoms with E-state index < -0.39 is 5.60 Å². The molecule has 1 saturated heterocycles. The lowest BCUT2D eigenvalue weighted by Gasteiger charge is -2.30. The Labute approximate surface area is 189 Å². The molecule has 4 rings (SSSR count). The Balaban J connectivity index is 1.32. The van der Waals surface area contributed by atoms with Gasteiger partial charge in [-0.1, -0.05) is 24.3 Å². The molecule has 7 nitrogen and oxygen atoms in total. The molecule has 0 unspecified atom stereocenters. The highest BCUT2D eigenvalue weighted by atomic mass is 16.5. The van der Waals surface area contributed by atoms with Gasteiger partial charge in [0.05, 0.1) is 26.1 Å². The Kier molecular flexibility index (Phi) is 7.42. The summed E-state index contributed by atoms with van der Waals surface area (Å²) in [6.07, 6.45) is 5.47. The average molecular weight is 438 g/mol. The van der Waals surface area contributed by atoms with Crippen molar-refractivity contribution in [1.82, 2.24) is 14.5 Å². The van der Waals surface area contributed by atoms with Crippen LogP contribution >= 0.6 is 0 Å². The highest BCUT2D eigenvalue weighted by Gasteiger charge is 2.33. The molecule has 1 aliphatic heterocycles. The molecule has 1 fully saturated rings. The first-order valence-electron chi connectivity index (χ1n) is 11.0. The van der Waals surface area contributed by atoms with Gasteiger partial charge in [-0.3, -0.25) is 4.90 Å². The fourth-order valence-corrected chi connectivity index (χ4v) is 3.82. The maximum Gasteiger partial charge on any atom is 0.134 e. The predicted octanol–water partition coefficient (Wildman–Crippen LogP) is 2.91. The number of hydrogen-bond acceptors (Lipinski definition) is 6. The predicted molar refractivity (Wildman–Crippen MR) is 122 cm³/mol. The van der Waals surface area contributed by atoms with Crippen LogP contribution in [0.1, 0.15) is 11.1 Å². The number of rotatable bonds is 9. The number of imidazole rings is 1. The van der Waals surface area contributed by atoms with Crippen LogP contribution in [0.15, 0.2) is 67.3 Å². The van der Waals surface area contributed by atoms with Gasteiger partial charge in [0.2, 0.25) is 0 Å². The summed E-state index contributed by atoms with van der Waals surface area (Å²) >= 11 is 0. The van der Waals surface area contributed by atoms with Gasteiger partial charge < -0.3 is 23.9 Å². The average Bonchev–Trinajstić information content (AvgIpc) is 3.22. The van der Waals surface area contributed by atoms with Gasteiger partial charge in [-0.25, -0.2) is 4.98 Å². The third-order valence-corrected chi connectivity index (χ3v) is 5.42. The Morgan fingerprint density at radius 1 is 1.12 bits per heavy atom. The molecule has 0 amide bonds. The molecule has 2 heterocycles. The van der Waals surface area contributed by atoms with Crippen LogP contribution in [0.25, 0.3) is 0 Å². The molecule has 1 N–H and O–H groups in total. The summed E-state index contributed by atoms with van der Waals surface area (Å²) in [5.74, 6) is 1.60. The molecule has 1 aliphatic rings. The zero-order valence-electron chi connectivity index (χ0n) is 18.5. The normalized spacial score (nSPS) is 19.4. The van der Waals surface area contributed by atoms with Crippen LogP contribution in [0, 0.1) is 6.92 Å². The van der Waals surface area contributed by atoms with E-state index in [2.05, 4.69) is 22.0 Å². The number of hydrogen-bond donors (Lipinski definition) is 1. The molecular formula is C25H31N3O4. The van der Waals surface area contributed by atoms with Crippen LogP contribution in [0.3, 0.4) is 0 Å². The van der Waals surface area contributed by atoms with Crippen molar-refractivity contribution in [3.05, 3.63) is 78.4 Å². The van der Waals surface area contributed by atoms with Crippen molar-refractivity contribution in [3.8, 4) is 11.5 Å². The quantitative estimate of drug-likeness (QED) is 0.555. The summed E-state index contributed by atoms with van der Waals surface area (Å²) in [6.45, 7) is 6.30. The molecule has 0 bridgehead atoms. The molecule has 2 aromatic carbocycles. The molecule has 7 heteroatoms. The van der Waals surface area contributed by atoms with E-state index in [4.69, 9.17) is 14.2 Å². The van der Waals surface area contributed by atoms with Crippen LogP contribution in [0.5, 0.6) is 11.5 Å². The lowest BCUT2D eigenvalue weighted by Crippen LogP contribution is -2.48. The number of benzene rings is 2. The summed E-state index contributed by atoms with van der Waals surface area (Å²) in [5, 5.41) is 11.2. The van der Waals surface area contributed by atoms with E-state index in [0.29, 0.717) is 26.3 Å². The minimum Gasteiger partial charge on any atom is -0.492 e. The monoisotopic (exact) mass is 437 g/mol. The Morgan fingerprint density at radius 3 is 2.78 bits per heavy atom. The smallest absolute Gasteiger partial charge is 0.134 e. The van der Waals surface area contributed by atoms with Crippen molar-refractivity contribution >= 4 is 0 Å². The van der Waals surface area contributed by atoms with Crippen LogP contribution in [0.2, 0.25) is 0 Å². The lowest BCUT2D eigenvalue weighted by molar-refractivity contribution is -0.0646. The maximum absolute atomic E-state index is 11.2. The standard InChI is InChI=1S/C25H31N3O4/c1-21-4-2-6-23(14-21)32-19-25(29)17-28(10-12-30-18-25)16-22-5-3-7-24(15-22)31-13-11-27-9-8-26-20-27/h2-9,14-15,20,29H,10-13,16-19H2,1H3/t25-/m0/s1. The highest BCUT2D eigenvalue weighted by molar-refractivity contribution is 5.29. The van der Waals surface area contributed by atoms with Crippen molar-refractivity contribution in [2.75, 3.05) is 39.5 Å². The van der Waals surface area contributed by atoms with E-state index in [1.165, 1.54) is 0 Å². The second-order valence-electron chi connectivity index (χ2n) is 8.39. The molecule has 3 aromatic rings. The van der Waals surface area contributed by atoms with E-state index in [1.54, 1.807) is 12.5 Å². The van der Waals surface area contributed by atoms with Crippen LogP contribution in [-0.2, 0) is 17.8 Å². The topological polar surface area (TPSA) is 69.0 Å². The Bertz CT molecular complexity index is 979. The summed E-state index contributed by atoms with van der Waals surface area (Å²) in [5.41, 5.74) is 1.19. The summed E-state index contributed by atoms with van der Waals surface area (Å²) in [6, 6.07) is 16.0. The largest absolute Gasteiger partial charge is 0.492 e. The van der Waals surface area contributed by atoms with Gasteiger partial charge in [-0.15, -0.1) is 0 Å². The van der Waals surface area contributed by atoms with Crippen molar-refractivity contribution in [2.45, 2.75) is 25.6 Å². The van der Waals surface area contributed by atoms with Gasteiger partial charge in [0, 0.05) is 32.0 Å². The number of ether oxygens (including phenoxy) is 3. The molecule has 0 spiro atoms. The molecule has 32 heavy (non-hydrogen) atoms. The number of nitrogens with zero attached hydrogens (tertiary/aromatic N) is 3. The number of aryl methyl sites for hydroxylation is 1. The zero-order chi connectivity index (χ0) is 22.2. The van der Waals surface area contributed by atoms with E-state index in [1.807, 2.05) is 54.1 Å². The molecule has 1 atom stereocenters. The lowest BCUT2D eigenvalue weighted by atomic mass is 10.1. The van der Waals surface area contributed by atoms with Crippen LogP contribution in [-0.4, -0.2) is 64.7 Å². The van der Waals surface area contributed by atoms with Gasteiger partial charge in [0.15, 0.2) is 0 Å². The second kappa shape index (κ2) is 10.6. The van der Waals surface area contributed by atoms with Crippen molar-refractivity contribution in [2.24, 2.45) is 0 Å². The minimum atomic E-state index is -1.07. The Morgan fingerprint density at radius 2 is 1.97 bits per heavy atom. The van der Waals surface area contributed by atoms with E-state index >= 15 is 0 Å². The third kappa shape index (κ3) is 6.56. The van der Waals surface area contributed by atoms with Crippen molar-refractivity contribution < 1.29 is 19.3 Å². The molecule has 0 saturated carbocycles. The first-order chi connectivity index (χ1) is 15.6.